The van der Waals surface area contributed by atoms with E-state index in [0.717, 1.165) is 23.4 Å². The molecule has 1 aromatic rings. The van der Waals surface area contributed by atoms with Crippen LogP contribution in [0.2, 0.25) is 5.02 Å². The van der Waals surface area contributed by atoms with Crippen molar-refractivity contribution < 1.29 is 4.79 Å². The van der Waals surface area contributed by atoms with Crippen molar-refractivity contribution in [2.75, 3.05) is 7.05 Å². The number of hydrogen-bond donors (Lipinski definition) is 0. The molecule has 2 rings (SSSR count). The van der Waals surface area contributed by atoms with E-state index in [4.69, 9.17) is 11.6 Å². The molecule has 1 fully saturated rings. The topological polar surface area (TPSA) is 20.3 Å². The van der Waals surface area contributed by atoms with Crippen LogP contribution >= 0.6 is 27.5 Å². The van der Waals surface area contributed by atoms with Crippen molar-refractivity contribution in [1.29, 1.82) is 0 Å². The number of alkyl halides is 1. The van der Waals surface area contributed by atoms with Gasteiger partial charge in [0.15, 0.2) is 0 Å². The van der Waals surface area contributed by atoms with Crippen molar-refractivity contribution in [1.82, 2.24) is 4.90 Å². The summed E-state index contributed by atoms with van der Waals surface area (Å²) in [5.41, 5.74) is 1.02. The Morgan fingerprint density at radius 1 is 1.35 bits per heavy atom. The second-order valence-corrected chi connectivity index (χ2v) is 7.02. The Labute approximate surface area is 134 Å². The maximum atomic E-state index is 12.5. The highest BCUT2D eigenvalue weighted by Crippen LogP contribution is 2.25. The Balaban J connectivity index is 1.96. The summed E-state index contributed by atoms with van der Waals surface area (Å²) in [6.45, 7) is 0. The van der Waals surface area contributed by atoms with E-state index in [-0.39, 0.29) is 10.7 Å². The molecule has 0 N–H and O–H groups in total. The fourth-order valence-corrected chi connectivity index (χ4v) is 3.70. The van der Waals surface area contributed by atoms with E-state index in [9.17, 15) is 4.79 Å². The van der Waals surface area contributed by atoms with E-state index in [1.807, 2.05) is 36.2 Å². The summed E-state index contributed by atoms with van der Waals surface area (Å²) in [6.07, 6.45) is 6.67. The van der Waals surface area contributed by atoms with Crippen LogP contribution in [0, 0.1) is 0 Å². The maximum Gasteiger partial charge on any atom is 0.236 e. The summed E-state index contributed by atoms with van der Waals surface area (Å²) in [4.78, 5) is 14.2. The molecule has 1 unspecified atom stereocenters. The number of nitrogens with zero attached hydrogens (tertiary/aromatic N) is 1. The van der Waals surface area contributed by atoms with E-state index < -0.39 is 0 Å². The van der Waals surface area contributed by atoms with Crippen LogP contribution in [0.5, 0.6) is 0 Å². The van der Waals surface area contributed by atoms with Gasteiger partial charge in [-0.15, -0.1) is 0 Å². The molecule has 0 aromatic heterocycles. The molecule has 0 saturated heterocycles. The fourth-order valence-electron chi connectivity index (χ4n) is 2.81. The number of carbonyl (C=O) groups excluding carboxylic acids is 1. The van der Waals surface area contributed by atoms with E-state index in [2.05, 4.69) is 15.9 Å². The molecule has 4 heteroatoms. The Bertz CT molecular complexity index is 460. The Kier molecular flexibility index (Phi) is 5.91. The Morgan fingerprint density at radius 2 is 2.00 bits per heavy atom. The van der Waals surface area contributed by atoms with Gasteiger partial charge in [0.25, 0.3) is 0 Å². The first kappa shape index (κ1) is 15.8. The number of benzene rings is 1. The van der Waals surface area contributed by atoms with Crippen molar-refractivity contribution in [3.05, 3.63) is 34.9 Å². The number of amides is 1. The van der Waals surface area contributed by atoms with Crippen molar-refractivity contribution in [3.8, 4) is 0 Å². The van der Waals surface area contributed by atoms with Gasteiger partial charge in [-0.25, -0.2) is 0 Å². The number of carbonyl (C=O) groups is 1. The number of halogens is 2. The molecule has 1 aliphatic rings. The highest BCUT2D eigenvalue weighted by Gasteiger charge is 2.26. The van der Waals surface area contributed by atoms with E-state index in [0.29, 0.717) is 12.5 Å². The third kappa shape index (κ3) is 3.98. The van der Waals surface area contributed by atoms with Gasteiger partial charge in [0.05, 0.1) is 4.83 Å². The zero-order valence-electron chi connectivity index (χ0n) is 11.8. The van der Waals surface area contributed by atoms with Crippen molar-refractivity contribution in [3.63, 3.8) is 0 Å². The predicted octanol–water partition coefficient (Wildman–Crippen LogP) is 4.44. The lowest BCUT2D eigenvalue weighted by atomic mass is 9.94. The van der Waals surface area contributed by atoms with Gasteiger partial charge >= 0.3 is 0 Å². The predicted molar refractivity (Wildman–Crippen MR) is 87.5 cm³/mol. The first-order valence-electron chi connectivity index (χ1n) is 7.23. The van der Waals surface area contributed by atoms with Crippen LogP contribution in [0.25, 0.3) is 0 Å². The summed E-state index contributed by atoms with van der Waals surface area (Å²) in [7, 11) is 1.93. The van der Waals surface area contributed by atoms with Crippen molar-refractivity contribution >= 4 is 33.4 Å². The quantitative estimate of drug-likeness (QED) is 0.729. The first-order chi connectivity index (χ1) is 9.59. The van der Waals surface area contributed by atoms with Gasteiger partial charge < -0.3 is 4.90 Å². The van der Waals surface area contributed by atoms with Crippen LogP contribution in [-0.2, 0) is 11.2 Å². The summed E-state index contributed by atoms with van der Waals surface area (Å²) in [5.74, 6) is 0.164. The lowest BCUT2D eigenvalue weighted by molar-refractivity contribution is -0.131. The van der Waals surface area contributed by atoms with E-state index in [1.165, 1.54) is 19.3 Å². The monoisotopic (exact) mass is 357 g/mol. The van der Waals surface area contributed by atoms with Gasteiger partial charge in [0, 0.05) is 18.1 Å². The second kappa shape index (κ2) is 7.46. The fraction of sp³-hybridized carbons (Fsp3) is 0.562. The lowest BCUT2D eigenvalue weighted by Gasteiger charge is -2.32. The van der Waals surface area contributed by atoms with E-state index in [1.54, 1.807) is 0 Å². The average molecular weight is 359 g/mol. The van der Waals surface area contributed by atoms with E-state index >= 15 is 0 Å². The molecule has 0 bridgehead atoms. The largest absolute Gasteiger partial charge is 0.342 e. The molecule has 0 spiro atoms. The zero-order chi connectivity index (χ0) is 14.5. The summed E-state index contributed by atoms with van der Waals surface area (Å²) < 4.78 is 0. The molecule has 1 saturated carbocycles. The van der Waals surface area contributed by atoms with Crippen LogP contribution in [0.15, 0.2) is 24.3 Å². The van der Waals surface area contributed by atoms with Gasteiger partial charge in [0.2, 0.25) is 5.91 Å². The van der Waals surface area contributed by atoms with Crippen LogP contribution in [0.4, 0.5) is 0 Å². The zero-order valence-corrected chi connectivity index (χ0v) is 14.2. The van der Waals surface area contributed by atoms with Gasteiger partial charge in [0.1, 0.15) is 0 Å². The molecule has 0 aliphatic heterocycles. The molecular formula is C16H21BrClNO. The highest BCUT2D eigenvalue weighted by atomic mass is 79.9. The van der Waals surface area contributed by atoms with Crippen molar-refractivity contribution in [2.24, 2.45) is 0 Å². The van der Waals surface area contributed by atoms with Gasteiger partial charge in [-0.2, -0.15) is 0 Å². The normalized spacial score (nSPS) is 17.8. The summed E-state index contributed by atoms with van der Waals surface area (Å²) >= 11 is 9.69. The molecule has 1 aliphatic carbocycles. The second-order valence-electron chi connectivity index (χ2n) is 5.50. The SMILES string of the molecule is CN(C(=O)C(Br)Cc1ccccc1Cl)C1CCCCC1. The molecular weight excluding hydrogens is 338 g/mol. The van der Waals surface area contributed by atoms with Crippen LogP contribution in [0.3, 0.4) is 0 Å². The molecule has 1 atom stereocenters. The lowest BCUT2D eigenvalue weighted by Crippen LogP contribution is -2.42. The standard InChI is InChI=1S/C16H21BrClNO/c1-19(13-8-3-2-4-9-13)16(20)14(17)11-12-7-5-6-10-15(12)18/h5-7,10,13-14H,2-4,8-9,11H2,1H3. The minimum Gasteiger partial charge on any atom is -0.342 e. The van der Waals surface area contributed by atoms with Gasteiger partial charge in [-0.05, 0) is 30.9 Å². The summed E-state index contributed by atoms with van der Waals surface area (Å²) in [5, 5.41) is 0.727. The molecule has 1 amide bonds. The third-order valence-corrected chi connectivity index (χ3v) is 5.18. The van der Waals surface area contributed by atoms with Crippen molar-refractivity contribution in [2.45, 2.75) is 49.4 Å². The third-order valence-electron chi connectivity index (χ3n) is 4.09. The number of hydrogen-bond acceptors (Lipinski definition) is 1. The maximum absolute atomic E-state index is 12.5. The number of rotatable bonds is 4. The molecule has 1 aromatic carbocycles. The average Bonchev–Trinajstić information content (AvgIpc) is 2.49. The van der Waals surface area contributed by atoms with Crippen LogP contribution in [-0.4, -0.2) is 28.7 Å². The molecule has 0 heterocycles. The minimum absolute atomic E-state index is 0.164. The first-order valence-corrected chi connectivity index (χ1v) is 8.53. The smallest absolute Gasteiger partial charge is 0.236 e. The Morgan fingerprint density at radius 3 is 2.65 bits per heavy atom. The molecule has 20 heavy (non-hydrogen) atoms. The Hall–Kier alpha value is -0.540. The molecule has 2 nitrogen and oxygen atoms in total. The van der Waals surface area contributed by atoms with Crippen LogP contribution < -0.4 is 0 Å². The highest BCUT2D eigenvalue weighted by molar-refractivity contribution is 9.10. The summed E-state index contributed by atoms with van der Waals surface area (Å²) in [6, 6.07) is 8.11. The van der Waals surface area contributed by atoms with Gasteiger partial charge in [-0.3, -0.25) is 4.79 Å². The molecule has 0 radical (unpaired) electrons. The molecule has 110 valence electrons. The van der Waals surface area contributed by atoms with Crippen LogP contribution in [0.1, 0.15) is 37.7 Å². The minimum atomic E-state index is -0.200. The van der Waals surface area contributed by atoms with Gasteiger partial charge in [-0.1, -0.05) is 65.0 Å².